The average Bonchev–Trinajstić information content (AvgIpc) is 2.29. The Morgan fingerprint density at radius 2 is 2.00 bits per heavy atom. The van der Waals surface area contributed by atoms with Crippen molar-refractivity contribution in [3.05, 3.63) is 29.8 Å². The first-order chi connectivity index (χ1) is 7.31. The number of halogens is 1. The normalized spacial score (nSPS) is 10.3. The van der Waals surface area contributed by atoms with Crippen molar-refractivity contribution >= 4 is 17.3 Å². The molecule has 0 aliphatic rings. The van der Waals surface area contributed by atoms with Gasteiger partial charge in [-0.05, 0) is 12.1 Å². The van der Waals surface area contributed by atoms with Crippen molar-refractivity contribution in [2.45, 2.75) is 0 Å². The second-order valence-electron chi connectivity index (χ2n) is 2.81. The number of hydrogen-bond acceptors (Lipinski definition) is 3. The molecule has 0 aromatic heterocycles. The van der Waals surface area contributed by atoms with E-state index in [1.807, 2.05) is 24.3 Å². The maximum Gasteiger partial charge on any atom is 0.162 e. The number of ether oxygens (including phenoxy) is 2. The third-order valence-corrected chi connectivity index (χ3v) is 2.07. The van der Waals surface area contributed by atoms with Crippen LogP contribution in [-0.2, 0) is 0 Å². The van der Waals surface area contributed by atoms with Crippen molar-refractivity contribution in [3.8, 4) is 11.5 Å². The van der Waals surface area contributed by atoms with Gasteiger partial charge in [-0.15, -0.1) is 0 Å². The van der Waals surface area contributed by atoms with Gasteiger partial charge in [0.1, 0.15) is 0 Å². The summed E-state index contributed by atoms with van der Waals surface area (Å²) in [6.07, 6.45) is 1.82. The molecular weight excluding hydrogens is 214 g/mol. The molecule has 0 heterocycles. The summed E-state index contributed by atoms with van der Waals surface area (Å²) in [6.45, 7) is 0.680. The van der Waals surface area contributed by atoms with Crippen LogP contribution in [0.15, 0.2) is 29.8 Å². The summed E-state index contributed by atoms with van der Waals surface area (Å²) in [5, 5.41) is 3.16. The van der Waals surface area contributed by atoms with E-state index in [1.54, 1.807) is 14.2 Å². The molecule has 0 unspecified atom stereocenters. The predicted molar refractivity (Wildman–Crippen MR) is 63.0 cm³/mol. The summed E-state index contributed by atoms with van der Waals surface area (Å²) < 4.78 is 10.3. The van der Waals surface area contributed by atoms with Crippen molar-refractivity contribution in [2.24, 2.45) is 0 Å². The zero-order valence-electron chi connectivity index (χ0n) is 8.79. The molecule has 0 saturated carbocycles. The fraction of sp³-hybridized carbons (Fsp3) is 0.273. The SMILES string of the molecule is COc1ccc(NC/C=C/Cl)cc1OC. The topological polar surface area (TPSA) is 30.5 Å². The van der Waals surface area contributed by atoms with Crippen molar-refractivity contribution in [1.29, 1.82) is 0 Å². The predicted octanol–water partition coefficient (Wildman–Crippen LogP) is 2.87. The first-order valence-electron chi connectivity index (χ1n) is 4.53. The molecule has 15 heavy (non-hydrogen) atoms. The van der Waals surface area contributed by atoms with Crippen LogP contribution in [0.1, 0.15) is 0 Å². The summed E-state index contributed by atoms with van der Waals surface area (Å²) in [6, 6.07) is 5.65. The molecule has 1 N–H and O–H groups in total. The van der Waals surface area contributed by atoms with Crippen molar-refractivity contribution in [1.82, 2.24) is 0 Å². The highest BCUT2D eigenvalue weighted by Crippen LogP contribution is 2.29. The van der Waals surface area contributed by atoms with Gasteiger partial charge in [-0.25, -0.2) is 0 Å². The summed E-state index contributed by atoms with van der Waals surface area (Å²) >= 11 is 5.41. The monoisotopic (exact) mass is 227 g/mol. The molecule has 0 fully saturated rings. The van der Waals surface area contributed by atoms with Gasteiger partial charge in [0.15, 0.2) is 11.5 Å². The average molecular weight is 228 g/mol. The second kappa shape index (κ2) is 6.19. The summed E-state index contributed by atoms with van der Waals surface area (Å²) in [5.74, 6) is 1.42. The van der Waals surface area contributed by atoms with Crippen LogP contribution in [0.2, 0.25) is 0 Å². The Labute approximate surface area is 94.6 Å². The molecule has 82 valence electrons. The number of rotatable bonds is 5. The summed E-state index contributed by atoms with van der Waals surface area (Å²) in [4.78, 5) is 0. The van der Waals surface area contributed by atoms with Gasteiger partial charge in [-0.1, -0.05) is 17.7 Å². The fourth-order valence-electron chi connectivity index (χ4n) is 1.17. The molecule has 0 aliphatic heterocycles. The van der Waals surface area contributed by atoms with Crippen molar-refractivity contribution in [2.75, 3.05) is 26.1 Å². The maximum absolute atomic E-state index is 5.41. The fourth-order valence-corrected chi connectivity index (χ4v) is 1.26. The molecule has 0 bridgehead atoms. The van der Waals surface area contributed by atoms with Gasteiger partial charge in [-0.3, -0.25) is 0 Å². The Kier molecular flexibility index (Phi) is 4.84. The number of anilines is 1. The number of methoxy groups -OCH3 is 2. The van der Waals surface area contributed by atoms with Gasteiger partial charge < -0.3 is 14.8 Å². The third-order valence-electron chi connectivity index (χ3n) is 1.90. The van der Waals surface area contributed by atoms with E-state index in [2.05, 4.69) is 5.32 Å². The van der Waals surface area contributed by atoms with Crippen LogP contribution in [-0.4, -0.2) is 20.8 Å². The van der Waals surface area contributed by atoms with Crippen LogP contribution in [0.4, 0.5) is 5.69 Å². The lowest BCUT2D eigenvalue weighted by Crippen LogP contribution is -1.99. The van der Waals surface area contributed by atoms with Crippen LogP contribution in [0, 0.1) is 0 Å². The van der Waals surface area contributed by atoms with E-state index in [0.717, 1.165) is 11.4 Å². The maximum atomic E-state index is 5.41. The molecular formula is C11H14ClNO2. The Hall–Kier alpha value is -1.35. The molecule has 0 aliphatic carbocycles. The molecule has 1 rings (SSSR count). The van der Waals surface area contributed by atoms with Gasteiger partial charge in [-0.2, -0.15) is 0 Å². The Morgan fingerprint density at radius 3 is 2.60 bits per heavy atom. The number of benzene rings is 1. The zero-order chi connectivity index (χ0) is 11.1. The largest absolute Gasteiger partial charge is 0.493 e. The highest BCUT2D eigenvalue weighted by Gasteiger charge is 2.03. The minimum Gasteiger partial charge on any atom is -0.493 e. The lowest BCUT2D eigenvalue weighted by molar-refractivity contribution is 0.355. The van der Waals surface area contributed by atoms with Crippen LogP contribution < -0.4 is 14.8 Å². The minimum absolute atomic E-state index is 0.680. The molecule has 3 nitrogen and oxygen atoms in total. The Balaban J connectivity index is 2.74. The quantitative estimate of drug-likeness (QED) is 0.839. The van der Waals surface area contributed by atoms with Gasteiger partial charge >= 0.3 is 0 Å². The molecule has 4 heteroatoms. The zero-order valence-corrected chi connectivity index (χ0v) is 9.54. The Morgan fingerprint density at radius 1 is 1.27 bits per heavy atom. The highest BCUT2D eigenvalue weighted by molar-refractivity contribution is 6.25. The lowest BCUT2D eigenvalue weighted by atomic mass is 10.2. The lowest BCUT2D eigenvalue weighted by Gasteiger charge is -2.10. The van der Waals surface area contributed by atoms with Gasteiger partial charge in [0.25, 0.3) is 0 Å². The molecule has 0 spiro atoms. The first-order valence-corrected chi connectivity index (χ1v) is 4.96. The van der Waals surface area contributed by atoms with Crippen LogP contribution in [0.25, 0.3) is 0 Å². The van der Waals surface area contributed by atoms with Gasteiger partial charge in [0.05, 0.1) is 14.2 Å². The standard InChI is InChI=1S/C11H14ClNO2/c1-14-10-5-4-9(8-11(10)15-2)13-7-3-6-12/h3-6,8,13H,7H2,1-2H3/b6-3+. The minimum atomic E-state index is 0.680. The van der Waals surface area contributed by atoms with E-state index < -0.39 is 0 Å². The summed E-state index contributed by atoms with van der Waals surface area (Å²) in [7, 11) is 3.22. The van der Waals surface area contributed by atoms with E-state index in [-0.39, 0.29) is 0 Å². The van der Waals surface area contributed by atoms with E-state index >= 15 is 0 Å². The van der Waals surface area contributed by atoms with Crippen LogP contribution in [0.3, 0.4) is 0 Å². The highest BCUT2D eigenvalue weighted by atomic mass is 35.5. The number of hydrogen-bond donors (Lipinski definition) is 1. The van der Waals surface area contributed by atoms with E-state index in [4.69, 9.17) is 21.1 Å². The van der Waals surface area contributed by atoms with E-state index in [9.17, 15) is 0 Å². The van der Waals surface area contributed by atoms with Crippen LogP contribution in [0.5, 0.6) is 11.5 Å². The molecule has 0 amide bonds. The van der Waals surface area contributed by atoms with Gasteiger partial charge in [0, 0.05) is 23.8 Å². The molecule has 1 aromatic carbocycles. The van der Waals surface area contributed by atoms with Gasteiger partial charge in [0.2, 0.25) is 0 Å². The van der Waals surface area contributed by atoms with Crippen molar-refractivity contribution in [3.63, 3.8) is 0 Å². The first kappa shape index (κ1) is 11.7. The third kappa shape index (κ3) is 3.36. The van der Waals surface area contributed by atoms with Crippen molar-refractivity contribution < 1.29 is 9.47 Å². The smallest absolute Gasteiger partial charge is 0.162 e. The number of nitrogens with one attached hydrogen (secondary N) is 1. The van der Waals surface area contributed by atoms with E-state index in [1.165, 1.54) is 5.54 Å². The second-order valence-corrected chi connectivity index (χ2v) is 3.06. The van der Waals surface area contributed by atoms with Crippen LogP contribution >= 0.6 is 11.6 Å². The molecule has 0 atom stereocenters. The molecule has 0 saturated heterocycles. The summed E-state index contributed by atoms with van der Waals surface area (Å²) in [5.41, 5.74) is 2.44. The molecule has 1 aromatic rings. The Bertz CT molecular complexity index is 339. The molecule has 0 radical (unpaired) electrons. The van der Waals surface area contributed by atoms with E-state index in [0.29, 0.717) is 12.3 Å².